The van der Waals surface area contributed by atoms with E-state index < -0.39 is 0 Å². The van der Waals surface area contributed by atoms with Crippen molar-refractivity contribution in [3.05, 3.63) is 24.4 Å². The monoisotopic (exact) mass is 123 g/mol. The molecule has 0 rings (SSSR count). The van der Waals surface area contributed by atoms with Crippen molar-refractivity contribution < 1.29 is 4.79 Å². The average molecular weight is 123 g/mol. The maximum absolute atomic E-state index is 10.1. The molecule has 0 saturated carbocycles. The van der Waals surface area contributed by atoms with E-state index in [0.717, 1.165) is 0 Å². The Kier molecular flexibility index (Phi) is 4.32. The van der Waals surface area contributed by atoms with E-state index in [-0.39, 0.29) is 0 Å². The highest BCUT2D eigenvalue weighted by atomic mass is 16.1. The molecule has 0 aliphatic carbocycles. The number of aliphatic imine (C=N–C) groups is 1. The van der Waals surface area contributed by atoms with Gasteiger partial charge in [0.2, 0.25) is 0 Å². The molecule has 0 aromatic rings. The standard InChI is InChI=1S/C7H9NO/c1-3-5-7(6-9)8-4-2/h3-6H,1H2,2H3/b7-5-,8-4?. The van der Waals surface area contributed by atoms with Crippen LogP contribution in [0.4, 0.5) is 0 Å². The number of allylic oxidation sites excluding steroid dienone is 3. The number of carbonyl (C=O) groups is 1. The summed E-state index contributed by atoms with van der Waals surface area (Å²) in [6, 6.07) is 0. The van der Waals surface area contributed by atoms with Gasteiger partial charge in [0, 0.05) is 6.21 Å². The summed E-state index contributed by atoms with van der Waals surface area (Å²) in [7, 11) is 0. The van der Waals surface area contributed by atoms with Crippen LogP contribution in [0.25, 0.3) is 0 Å². The quantitative estimate of drug-likeness (QED) is 0.241. The fourth-order valence-corrected chi connectivity index (χ4v) is 0.383. The van der Waals surface area contributed by atoms with E-state index in [1.165, 1.54) is 6.08 Å². The van der Waals surface area contributed by atoms with Crippen molar-refractivity contribution in [1.82, 2.24) is 0 Å². The van der Waals surface area contributed by atoms with Gasteiger partial charge >= 0.3 is 0 Å². The third-order valence-corrected chi connectivity index (χ3v) is 0.688. The fourth-order valence-electron chi connectivity index (χ4n) is 0.383. The second kappa shape index (κ2) is 4.97. The number of aldehydes is 1. The van der Waals surface area contributed by atoms with Gasteiger partial charge in [-0.05, 0) is 13.0 Å². The van der Waals surface area contributed by atoms with Crippen molar-refractivity contribution in [2.45, 2.75) is 6.92 Å². The Morgan fingerprint density at radius 3 is 2.67 bits per heavy atom. The highest BCUT2D eigenvalue weighted by molar-refractivity contribution is 5.76. The maximum Gasteiger partial charge on any atom is 0.168 e. The summed E-state index contributed by atoms with van der Waals surface area (Å²) in [5.74, 6) is 0. The molecule has 0 spiro atoms. The van der Waals surface area contributed by atoms with Gasteiger partial charge in [0.05, 0.1) is 0 Å². The van der Waals surface area contributed by atoms with Crippen LogP contribution >= 0.6 is 0 Å². The molecule has 0 saturated heterocycles. The lowest BCUT2D eigenvalue weighted by molar-refractivity contribution is -0.104. The van der Waals surface area contributed by atoms with E-state index >= 15 is 0 Å². The molecular weight excluding hydrogens is 114 g/mol. The Labute approximate surface area is 54.6 Å². The molecule has 0 unspecified atom stereocenters. The van der Waals surface area contributed by atoms with Crippen LogP contribution in [0.15, 0.2) is 29.4 Å². The minimum Gasteiger partial charge on any atom is -0.296 e. The van der Waals surface area contributed by atoms with E-state index in [9.17, 15) is 4.79 Å². The molecule has 0 bridgehead atoms. The highest BCUT2D eigenvalue weighted by Gasteiger charge is 1.82. The van der Waals surface area contributed by atoms with Gasteiger partial charge in [-0.2, -0.15) is 0 Å². The number of hydrogen-bond donors (Lipinski definition) is 0. The van der Waals surface area contributed by atoms with Crippen LogP contribution in [-0.2, 0) is 4.79 Å². The van der Waals surface area contributed by atoms with Gasteiger partial charge in [-0.3, -0.25) is 9.79 Å². The SMILES string of the molecule is C=C/C=C(/C=O)N=CC. The Hall–Kier alpha value is -1.18. The summed E-state index contributed by atoms with van der Waals surface area (Å²) in [5.41, 5.74) is 0.396. The van der Waals surface area contributed by atoms with Gasteiger partial charge < -0.3 is 0 Å². The normalized spacial score (nSPS) is 11.9. The largest absolute Gasteiger partial charge is 0.296 e. The molecular formula is C7H9NO. The van der Waals surface area contributed by atoms with Crippen molar-refractivity contribution in [1.29, 1.82) is 0 Å². The predicted octanol–water partition coefficient (Wildman–Crippen LogP) is 1.35. The summed E-state index contributed by atoms with van der Waals surface area (Å²) < 4.78 is 0. The lowest BCUT2D eigenvalue weighted by Gasteiger charge is -1.82. The lowest BCUT2D eigenvalue weighted by Crippen LogP contribution is -1.77. The van der Waals surface area contributed by atoms with E-state index in [4.69, 9.17) is 0 Å². The highest BCUT2D eigenvalue weighted by Crippen LogP contribution is 1.89. The van der Waals surface area contributed by atoms with Crippen LogP contribution in [0.3, 0.4) is 0 Å². The van der Waals surface area contributed by atoms with Crippen LogP contribution in [0.5, 0.6) is 0 Å². The second-order valence-corrected chi connectivity index (χ2v) is 1.33. The van der Waals surface area contributed by atoms with Gasteiger partial charge in [-0.15, -0.1) is 0 Å². The Morgan fingerprint density at radius 2 is 2.33 bits per heavy atom. The zero-order chi connectivity index (χ0) is 7.11. The Bertz CT molecular complexity index is 156. The zero-order valence-corrected chi connectivity index (χ0v) is 5.37. The third-order valence-electron chi connectivity index (χ3n) is 0.688. The molecule has 0 aromatic carbocycles. The summed E-state index contributed by atoms with van der Waals surface area (Å²) in [4.78, 5) is 13.8. The first-order valence-electron chi connectivity index (χ1n) is 2.61. The van der Waals surface area contributed by atoms with Gasteiger partial charge in [-0.25, -0.2) is 0 Å². The van der Waals surface area contributed by atoms with Crippen molar-refractivity contribution in [2.24, 2.45) is 4.99 Å². The zero-order valence-electron chi connectivity index (χ0n) is 5.37. The summed E-state index contributed by atoms with van der Waals surface area (Å²) in [6.45, 7) is 5.17. The van der Waals surface area contributed by atoms with Gasteiger partial charge in [-0.1, -0.05) is 12.7 Å². The third kappa shape index (κ3) is 3.41. The molecule has 0 aliphatic rings. The van der Waals surface area contributed by atoms with Crippen molar-refractivity contribution in [3.63, 3.8) is 0 Å². The lowest BCUT2D eigenvalue weighted by atomic mass is 10.4. The molecule has 0 N–H and O–H groups in total. The number of carbonyl (C=O) groups excluding carboxylic acids is 1. The van der Waals surface area contributed by atoms with Crippen molar-refractivity contribution in [3.8, 4) is 0 Å². The fraction of sp³-hybridized carbons (Fsp3) is 0.143. The molecule has 0 atom stereocenters. The Balaban J connectivity index is 4.13. The van der Waals surface area contributed by atoms with Crippen LogP contribution < -0.4 is 0 Å². The molecule has 48 valence electrons. The van der Waals surface area contributed by atoms with Gasteiger partial charge in [0.15, 0.2) is 6.29 Å². The summed E-state index contributed by atoms with van der Waals surface area (Å²) >= 11 is 0. The van der Waals surface area contributed by atoms with Crippen LogP contribution in [0.2, 0.25) is 0 Å². The molecule has 0 fully saturated rings. The van der Waals surface area contributed by atoms with Gasteiger partial charge in [0.25, 0.3) is 0 Å². The maximum atomic E-state index is 10.1. The number of hydrogen-bond acceptors (Lipinski definition) is 2. The van der Waals surface area contributed by atoms with Crippen molar-refractivity contribution in [2.75, 3.05) is 0 Å². The van der Waals surface area contributed by atoms with Crippen LogP contribution in [0.1, 0.15) is 6.92 Å². The van der Waals surface area contributed by atoms with E-state index in [1.54, 1.807) is 19.2 Å². The van der Waals surface area contributed by atoms with Gasteiger partial charge in [0.1, 0.15) is 5.70 Å². The number of nitrogens with zero attached hydrogens (tertiary/aromatic N) is 1. The molecule has 0 radical (unpaired) electrons. The summed E-state index contributed by atoms with van der Waals surface area (Å²) in [6.07, 6.45) is 5.31. The van der Waals surface area contributed by atoms with E-state index in [2.05, 4.69) is 11.6 Å². The predicted molar refractivity (Wildman–Crippen MR) is 38.5 cm³/mol. The molecule has 9 heavy (non-hydrogen) atoms. The summed E-state index contributed by atoms with van der Waals surface area (Å²) in [5, 5.41) is 0. The van der Waals surface area contributed by atoms with E-state index in [0.29, 0.717) is 12.0 Å². The van der Waals surface area contributed by atoms with Crippen LogP contribution in [-0.4, -0.2) is 12.5 Å². The number of rotatable bonds is 3. The molecule has 0 aliphatic heterocycles. The average Bonchev–Trinajstić information content (AvgIpc) is 1.88. The first kappa shape index (κ1) is 7.82. The van der Waals surface area contributed by atoms with Crippen molar-refractivity contribution >= 4 is 12.5 Å². The molecule has 0 aromatic heterocycles. The van der Waals surface area contributed by atoms with E-state index in [1.807, 2.05) is 0 Å². The Morgan fingerprint density at radius 1 is 1.67 bits per heavy atom. The minimum atomic E-state index is 0.396. The molecule has 0 heterocycles. The minimum absolute atomic E-state index is 0.396. The molecule has 2 nitrogen and oxygen atoms in total. The van der Waals surface area contributed by atoms with Crippen LogP contribution in [0, 0.1) is 0 Å². The first-order valence-corrected chi connectivity index (χ1v) is 2.61. The topological polar surface area (TPSA) is 29.4 Å². The molecule has 0 amide bonds. The molecule has 2 heteroatoms. The second-order valence-electron chi connectivity index (χ2n) is 1.33. The first-order chi connectivity index (χ1) is 4.35. The smallest absolute Gasteiger partial charge is 0.168 e.